The third kappa shape index (κ3) is 4.46. The maximum Gasteiger partial charge on any atom is 0.573 e. The average molecular weight is 502 g/mol. The summed E-state index contributed by atoms with van der Waals surface area (Å²) in [6.07, 6.45) is -6.42. The molecule has 1 fully saturated rings. The highest BCUT2D eigenvalue weighted by atomic mass is 19.4. The van der Waals surface area contributed by atoms with Crippen LogP contribution in [-0.2, 0) is 4.74 Å². The van der Waals surface area contributed by atoms with Gasteiger partial charge in [0.05, 0.1) is 12.0 Å². The molecule has 0 saturated carbocycles. The Morgan fingerprint density at radius 1 is 0.944 bits per heavy atom. The van der Waals surface area contributed by atoms with E-state index in [0.29, 0.717) is 28.2 Å². The Hall–Kier alpha value is -3.71. The summed E-state index contributed by atoms with van der Waals surface area (Å²) in [5, 5.41) is 30.6. The van der Waals surface area contributed by atoms with Crippen LogP contribution in [-0.4, -0.2) is 61.1 Å². The second kappa shape index (κ2) is 9.39. The third-order valence-electron chi connectivity index (χ3n) is 5.83. The lowest BCUT2D eigenvalue weighted by Crippen LogP contribution is -2.33. The summed E-state index contributed by atoms with van der Waals surface area (Å²) in [7, 11) is 0. The summed E-state index contributed by atoms with van der Waals surface area (Å²) in [5.41, 5.74) is 1.58. The van der Waals surface area contributed by atoms with Gasteiger partial charge in [-0.1, -0.05) is 18.2 Å². The molecule has 1 aliphatic heterocycles. The SMILES string of the molecule is OCC1OC(n2ccc3c(N(c4ccccc4)c4ccc(OC(F)(F)F)cc4)ncnc32)C(O)C1O. The first-order chi connectivity index (χ1) is 17.3. The normalized spacial score (nSPS) is 22.2. The van der Waals surface area contributed by atoms with Gasteiger partial charge in [0, 0.05) is 17.6 Å². The number of aromatic nitrogens is 3. The number of aliphatic hydroxyl groups excluding tert-OH is 3. The molecule has 3 heterocycles. The predicted molar refractivity (Wildman–Crippen MR) is 122 cm³/mol. The van der Waals surface area contributed by atoms with E-state index in [0.717, 1.165) is 0 Å². The number of benzene rings is 2. The molecule has 4 unspecified atom stereocenters. The number of fused-ring (bicyclic) bond motifs is 1. The molecule has 0 amide bonds. The van der Waals surface area contributed by atoms with Crippen molar-refractivity contribution in [3.05, 3.63) is 73.2 Å². The average Bonchev–Trinajstić information content (AvgIpc) is 3.41. The maximum atomic E-state index is 12.6. The van der Waals surface area contributed by atoms with Gasteiger partial charge < -0.3 is 29.4 Å². The largest absolute Gasteiger partial charge is 0.573 e. The number of alkyl halides is 3. The van der Waals surface area contributed by atoms with E-state index in [1.807, 2.05) is 30.3 Å². The summed E-state index contributed by atoms with van der Waals surface area (Å²) in [4.78, 5) is 10.5. The number of halogens is 3. The first-order valence-electron chi connectivity index (χ1n) is 10.9. The Labute approximate surface area is 202 Å². The van der Waals surface area contributed by atoms with Crippen molar-refractivity contribution in [2.24, 2.45) is 0 Å². The third-order valence-corrected chi connectivity index (χ3v) is 5.83. The molecule has 188 valence electrons. The second-order valence-electron chi connectivity index (χ2n) is 8.10. The number of aliphatic hydroxyl groups is 3. The molecule has 0 bridgehead atoms. The molecule has 36 heavy (non-hydrogen) atoms. The van der Waals surface area contributed by atoms with E-state index in [4.69, 9.17) is 4.74 Å². The monoisotopic (exact) mass is 502 g/mol. The molecule has 1 aliphatic rings. The lowest BCUT2D eigenvalue weighted by Gasteiger charge is -2.25. The number of para-hydroxylation sites is 1. The van der Waals surface area contributed by atoms with Crippen molar-refractivity contribution in [1.29, 1.82) is 0 Å². The zero-order valence-electron chi connectivity index (χ0n) is 18.5. The number of hydrogen-bond acceptors (Lipinski definition) is 8. The molecule has 0 aliphatic carbocycles. The first-order valence-corrected chi connectivity index (χ1v) is 10.9. The minimum Gasteiger partial charge on any atom is -0.406 e. The van der Waals surface area contributed by atoms with Crippen LogP contribution in [0.5, 0.6) is 5.75 Å². The van der Waals surface area contributed by atoms with Crippen LogP contribution in [0.25, 0.3) is 11.0 Å². The molecule has 4 atom stereocenters. The van der Waals surface area contributed by atoms with Gasteiger partial charge in [-0.05, 0) is 42.5 Å². The molecule has 1 saturated heterocycles. The molecule has 0 spiro atoms. The highest BCUT2D eigenvalue weighted by molar-refractivity contribution is 5.93. The molecule has 4 aromatic rings. The van der Waals surface area contributed by atoms with Crippen LogP contribution in [0.15, 0.2) is 73.2 Å². The van der Waals surface area contributed by atoms with Gasteiger partial charge in [-0.25, -0.2) is 9.97 Å². The number of hydrogen-bond donors (Lipinski definition) is 3. The van der Waals surface area contributed by atoms with Gasteiger partial charge >= 0.3 is 6.36 Å². The van der Waals surface area contributed by atoms with E-state index in [1.54, 1.807) is 17.2 Å². The lowest BCUT2D eigenvalue weighted by molar-refractivity contribution is -0.274. The summed E-state index contributed by atoms with van der Waals surface area (Å²) < 4.78 is 49.0. The lowest BCUT2D eigenvalue weighted by atomic mass is 10.1. The van der Waals surface area contributed by atoms with Crippen molar-refractivity contribution in [2.45, 2.75) is 30.9 Å². The molecule has 2 aromatic heterocycles. The van der Waals surface area contributed by atoms with Crippen molar-refractivity contribution in [2.75, 3.05) is 11.5 Å². The topological polar surface area (TPSA) is 113 Å². The molecule has 2 aromatic carbocycles. The first kappa shape index (κ1) is 24.0. The van der Waals surface area contributed by atoms with Gasteiger partial charge in [0.2, 0.25) is 0 Å². The van der Waals surface area contributed by atoms with Gasteiger partial charge in [0.15, 0.2) is 12.0 Å². The minimum absolute atomic E-state index is 0.359. The maximum absolute atomic E-state index is 12.6. The van der Waals surface area contributed by atoms with Crippen LogP contribution in [0, 0.1) is 0 Å². The quantitative estimate of drug-likeness (QED) is 0.368. The number of rotatable bonds is 6. The van der Waals surface area contributed by atoms with E-state index in [1.165, 1.54) is 35.2 Å². The van der Waals surface area contributed by atoms with Crippen molar-refractivity contribution in [3.63, 3.8) is 0 Å². The summed E-state index contributed by atoms with van der Waals surface area (Å²) in [6, 6.07) is 16.2. The fourth-order valence-corrected chi connectivity index (χ4v) is 4.22. The predicted octanol–water partition coefficient (Wildman–Crippen LogP) is 3.41. The van der Waals surface area contributed by atoms with E-state index in [9.17, 15) is 28.5 Å². The summed E-state index contributed by atoms with van der Waals surface area (Å²) in [6.45, 7) is -0.468. The Balaban J connectivity index is 1.58. The van der Waals surface area contributed by atoms with Gasteiger partial charge in [-0.3, -0.25) is 4.90 Å². The number of anilines is 3. The molecule has 0 radical (unpaired) electrons. The smallest absolute Gasteiger partial charge is 0.406 e. The molecule has 9 nitrogen and oxygen atoms in total. The van der Waals surface area contributed by atoms with Crippen molar-refractivity contribution >= 4 is 28.2 Å². The molecular weight excluding hydrogens is 481 g/mol. The Bertz CT molecular complexity index is 1330. The van der Waals surface area contributed by atoms with E-state index < -0.39 is 37.5 Å². The van der Waals surface area contributed by atoms with Gasteiger partial charge in [0.1, 0.15) is 36.0 Å². The Morgan fingerprint density at radius 3 is 2.28 bits per heavy atom. The van der Waals surface area contributed by atoms with Crippen LogP contribution >= 0.6 is 0 Å². The molecular formula is C24H21F3N4O5. The van der Waals surface area contributed by atoms with Crippen molar-refractivity contribution in [3.8, 4) is 5.75 Å². The fourth-order valence-electron chi connectivity index (χ4n) is 4.22. The highest BCUT2D eigenvalue weighted by Crippen LogP contribution is 2.39. The van der Waals surface area contributed by atoms with Crippen LogP contribution in [0.2, 0.25) is 0 Å². The fraction of sp³-hybridized carbons (Fsp3) is 0.250. The number of ether oxygens (including phenoxy) is 2. The van der Waals surface area contributed by atoms with Crippen LogP contribution in [0.3, 0.4) is 0 Å². The molecule has 5 rings (SSSR count). The van der Waals surface area contributed by atoms with Crippen LogP contribution < -0.4 is 9.64 Å². The van der Waals surface area contributed by atoms with Gasteiger partial charge in [-0.15, -0.1) is 13.2 Å². The standard InChI is InChI=1S/C24H21F3N4O5/c25-24(26,27)36-16-8-6-15(7-9-16)31(14-4-2-1-3-5-14)22-17-10-11-30(21(17)28-13-29-22)23-20(34)19(33)18(12-32)35-23/h1-11,13,18-20,23,32-34H,12H2. The van der Waals surface area contributed by atoms with Crippen LogP contribution in [0.4, 0.5) is 30.4 Å². The second-order valence-corrected chi connectivity index (χ2v) is 8.10. The molecule has 3 N–H and O–H groups in total. The minimum atomic E-state index is -4.81. The Kier molecular flexibility index (Phi) is 6.26. The van der Waals surface area contributed by atoms with Gasteiger partial charge in [0.25, 0.3) is 0 Å². The van der Waals surface area contributed by atoms with Crippen molar-refractivity contribution in [1.82, 2.24) is 14.5 Å². The highest BCUT2D eigenvalue weighted by Gasteiger charge is 2.43. The Morgan fingerprint density at radius 2 is 1.64 bits per heavy atom. The summed E-state index contributed by atoms with van der Waals surface area (Å²) >= 11 is 0. The van der Waals surface area contributed by atoms with E-state index in [2.05, 4.69) is 14.7 Å². The van der Waals surface area contributed by atoms with Crippen molar-refractivity contribution < 1.29 is 38.0 Å². The van der Waals surface area contributed by atoms with Gasteiger partial charge in [-0.2, -0.15) is 0 Å². The van der Waals surface area contributed by atoms with E-state index in [-0.39, 0.29) is 5.75 Å². The molecule has 12 heteroatoms. The van der Waals surface area contributed by atoms with E-state index >= 15 is 0 Å². The van der Waals surface area contributed by atoms with Crippen LogP contribution in [0.1, 0.15) is 6.23 Å². The number of nitrogens with zero attached hydrogens (tertiary/aromatic N) is 4. The zero-order chi connectivity index (χ0) is 25.4. The summed E-state index contributed by atoms with van der Waals surface area (Å²) in [5.74, 6) is 0.0591. The zero-order valence-corrected chi connectivity index (χ0v) is 18.5.